The van der Waals surface area contributed by atoms with Crippen LogP contribution in [0.2, 0.25) is 0 Å². The average molecular weight is 217 g/mol. The van der Waals surface area contributed by atoms with Crippen LogP contribution >= 0.6 is 0 Å². The summed E-state index contributed by atoms with van der Waals surface area (Å²) in [6.45, 7) is 0.748. The second-order valence-electron chi connectivity index (χ2n) is 3.20. The van der Waals surface area contributed by atoms with Gasteiger partial charge in [-0.1, -0.05) is 30.3 Å². The molecule has 5 heteroatoms. The van der Waals surface area contributed by atoms with Gasteiger partial charge in [-0.05, 0) is 0 Å². The summed E-state index contributed by atoms with van der Waals surface area (Å²) in [5, 5.41) is 10.7. The lowest BCUT2D eigenvalue weighted by molar-refractivity contribution is -0.128. The maximum atomic E-state index is 10.0. The van der Waals surface area contributed by atoms with Gasteiger partial charge >= 0.3 is 0 Å². The van der Waals surface area contributed by atoms with Crippen LogP contribution in [0.25, 0.3) is 11.3 Å². The molecule has 1 aromatic carbocycles. The topological polar surface area (TPSA) is 67.9 Å². The highest BCUT2D eigenvalue weighted by Crippen LogP contribution is 2.18. The molecule has 0 fully saturated rings. The van der Waals surface area contributed by atoms with E-state index in [0.29, 0.717) is 19.5 Å². The first-order chi connectivity index (χ1) is 7.92. The lowest BCUT2D eigenvalue weighted by Gasteiger charge is -1.99. The molecule has 2 aromatic rings. The molecule has 5 nitrogen and oxygen atoms in total. The van der Waals surface area contributed by atoms with Crippen LogP contribution in [0.4, 0.5) is 0 Å². The molecule has 0 aliphatic carbocycles. The summed E-state index contributed by atoms with van der Waals surface area (Å²) in [5.74, 6) is 0. The van der Waals surface area contributed by atoms with Gasteiger partial charge in [-0.15, -0.1) is 0 Å². The number of ether oxygens (including phenoxy) is 1. The minimum Gasteiger partial charge on any atom is -0.467 e. The van der Waals surface area contributed by atoms with Crippen LogP contribution in [-0.2, 0) is 16.0 Å². The van der Waals surface area contributed by atoms with Crippen molar-refractivity contribution < 1.29 is 9.53 Å². The van der Waals surface area contributed by atoms with Crippen molar-refractivity contribution in [1.29, 1.82) is 0 Å². The fraction of sp³-hybridized carbons (Fsp3) is 0.182. The van der Waals surface area contributed by atoms with E-state index in [9.17, 15) is 4.79 Å². The summed E-state index contributed by atoms with van der Waals surface area (Å²) in [4.78, 5) is 10.0. The minimum atomic E-state index is 0.315. The molecular weight excluding hydrogens is 206 g/mol. The van der Waals surface area contributed by atoms with E-state index in [1.54, 1.807) is 0 Å². The van der Waals surface area contributed by atoms with Gasteiger partial charge in [0.2, 0.25) is 0 Å². The van der Waals surface area contributed by atoms with Crippen molar-refractivity contribution in [3.63, 3.8) is 0 Å². The Kier molecular flexibility index (Phi) is 3.28. The molecule has 2 rings (SSSR count). The van der Waals surface area contributed by atoms with Crippen molar-refractivity contribution in [2.75, 3.05) is 6.61 Å². The van der Waals surface area contributed by atoms with Crippen LogP contribution in [0.5, 0.6) is 0 Å². The Morgan fingerprint density at radius 2 is 2.06 bits per heavy atom. The summed E-state index contributed by atoms with van der Waals surface area (Å²) < 4.78 is 4.64. The van der Waals surface area contributed by atoms with Gasteiger partial charge in [0, 0.05) is 12.0 Å². The van der Waals surface area contributed by atoms with Crippen LogP contribution < -0.4 is 0 Å². The number of carbonyl (C=O) groups excluding carboxylic acids is 1. The summed E-state index contributed by atoms with van der Waals surface area (Å²) in [6, 6.07) is 9.74. The van der Waals surface area contributed by atoms with E-state index in [-0.39, 0.29) is 0 Å². The lowest BCUT2D eigenvalue weighted by atomic mass is 10.1. The molecule has 82 valence electrons. The minimum absolute atomic E-state index is 0.315. The molecule has 1 N–H and O–H groups in total. The fourth-order valence-electron chi connectivity index (χ4n) is 1.46. The highest BCUT2D eigenvalue weighted by Gasteiger charge is 2.09. The Balaban J connectivity index is 2.16. The summed E-state index contributed by atoms with van der Waals surface area (Å²) in [5.41, 5.74) is 2.60. The third kappa shape index (κ3) is 2.25. The summed E-state index contributed by atoms with van der Waals surface area (Å²) in [7, 11) is 0. The molecule has 0 saturated carbocycles. The average Bonchev–Trinajstić information content (AvgIpc) is 2.79. The molecule has 0 spiro atoms. The van der Waals surface area contributed by atoms with Crippen molar-refractivity contribution in [2.45, 2.75) is 6.42 Å². The Hall–Kier alpha value is -2.17. The molecule has 0 saturated heterocycles. The Morgan fingerprint density at radius 1 is 1.25 bits per heavy atom. The molecule has 0 amide bonds. The molecule has 0 aliphatic rings. The number of hydrogen-bond acceptors (Lipinski definition) is 4. The predicted octanol–water partition coefficient (Wildman–Crippen LogP) is 1.19. The van der Waals surface area contributed by atoms with Crippen molar-refractivity contribution in [1.82, 2.24) is 15.4 Å². The quantitative estimate of drug-likeness (QED) is 0.603. The first-order valence-electron chi connectivity index (χ1n) is 4.92. The van der Waals surface area contributed by atoms with Gasteiger partial charge < -0.3 is 4.74 Å². The van der Waals surface area contributed by atoms with Gasteiger partial charge in [0.1, 0.15) is 5.69 Å². The number of rotatable bonds is 5. The maximum absolute atomic E-state index is 10.0. The lowest BCUT2D eigenvalue weighted by Crippen LogP contribution is -1.98. The van der Waals surface area contributed by atoms with Crippen molar-refractivity contribution in [3.05, 3.63) is 36.0 Å². The van der Waals surface area contributed by atoms with Gasteiger partial charge in [-0.3, -0.25) is 4.79 Å². The maximum Gasteiger partial charge on any atom is 0.293 e. The number of H-pyrrole nitrogens is 1. The zero-order valence-electron chi connectivity index (χ0n) is 8.59. The van der Waals surface area contributed by atoms with E-state index in [2.05, 4.69) is 20.1 Å². The zero-order valence-corrected chi connectivity index (χ0v) is 8.59. The van der Waals surface area contributed by atoms with Crippen molar-refractivity contribution in [2.24, 2.45) is 0 Å². The largest absolute Gasteiger partial charge is 0.467 e. The molecule has 16 heavy (non-hydrogen) atoms. The molecule has 0 atom stereocenters. The fourth-order valence-corrected chi connectivity index (χ4v) is 1.46. The number of carbonyl (C=O) groups is 1. The zero-order chi connectivity index (χ0) is 11.2. The highest BCUT2D eigenvalue weighted by atomic mass is 16.5. The molecular formula is C11H11N3O2. The van der Waals surface area contributed by atoms with Crippen LogP contribution in [0.15, 0.2) is 30.3 Å². The Bertz CT molecular complexity index is 453. The molecule has 1 heterocycles. The predicted molar refractivity (Wildman–Crippen MR) is 57.5 cm³/mol. The van der Waals surface area contributed by atoms with Crippen LogP contribution in [-0.4, -0.2) is 28.5 Å². The van der Waals surface area contributed by atoms with Gasteiger partial charge in [0.15, 0.2) is 0 Å². The number of aromatic amines is 1. The van der Waals surface area contributed by atoms with Gasteiger partial charge in [-0.25, -0.2) is 0 Å². The normalized spacial score (nSPS) is 10.0. The van der Waals surface area contributed by atoms with E-state index in [1.807, 2.05) is 30.3 Å². The standard InChI is InChI=1S/C11H11N3O2/c15-8-16-7-6-10-11(13-14-12-10)9-4-2-1-3-5-9/h1-5,8H,6-7H2,(H,12,13,14). The van der Waals surface area contributed by atoms with Crippen LogP contribution in [0.1, 0.15) is 5.69 Å². The first-order valence-corrected chi connectivity index (χ1v) is 4.92. The number of aromatic nitrogens is 3. The smallest absolute Gasteiger partial charge is 0.293 e. The van der Waals surface area contributed by atoms with Gasteiger partial charge in [-0.2, -0.15) is 15.4 Å². The monoisotopic (exact) mass is 217 g/mol. The number of benzene rings is 1. The molecule has 0 unspecified atom stereocenters. The first kappa shape index (κ1) is 10.4. The van der Waals surface area contributed by atoms with Crippen molar-refractivity contribution in [3.8, 4) is 11.3 Å². The summed E-state index contributed by atoms with van der Waals surface area (Å²) >= 11 is 0. The number of hydrogen-bond donors (Lipinski definition) is 1. The number of nitrogens with one attached hydrogen (secondary N) is 1. The van der Waals surface area contributed by atoms with E-state index in [4.69, 9.17) is 0 Å². The van der Waals surface area contributed by atoms with E-state index in [0.717, 1.165) is 17.0 Å². The van der Waals surface area contributed by atoms with Gasteiger partial charge in [0.25, 0.3) is 6.47 Å². The highest BCUT2D eigenvalue weighted by molar-refractivity contribution is 5.60. The molecule has 0 aliphatic heterocycles. The molecule has 1 aromatic heterocycles. The second-order valence-corrected chi connectivity index (χ2v) is 3.20. The van der Waals surface area contributed by atoms with E-state index < -0.39 is 0 Å². The third-order valence-corrected chi connectivity index (χ3v) is 2.19. The Morgan fingerprint density at radius 3 is 2.81 bits per heavy atom. The second kappa shape index (κ2) is 5.06. The third-order valence-electron chi connectivity index (χ3n) is 2.19. The summed E-state index contributed by atoms with van der Waals surface area (Å²) in [6.07, 6.45) is 0.555. The van der Waals surface area contributed by atoms with Gasteiger partial charge in [0.05, 0.1) is 12.3 Å². The van der Waals surface area contributed by atoms with Crippen LogP contribution in [0.3, 0.4) is 0 Å². The van der Waals surface area contributed by atoms with E-state index >= 15 is 0 Å². The SMILES string of the molecule is O=COCCc1n[nH]nc1-c1ccccc1. The Labute approximate surface area is 92.4 Å². The van der Waals surface area contributed by atoms with E-state index in [1.165, 1.54) is 0 Å². The van der Waals surface area contributed by atoms with Crippen LogP contribution in [0, 0.1) is 0 Å². The molecule has 0 radical (unpaired) electrons. The number of nitrogens with zero attached hydrogens (tertiary/aromatic N) is 2. The van der Waals surface area contributed by atoms with Crippen molar-refractivity contribution >= 4 is 6.47 Å². The molecule has 0 bridgehead atoms.